The molecule has 8 heteroatoms. The standard InChI is InChI=1S/C32H38N4O3S/c1-32(2,3)34-29(37)21-35-27(23-14-9-6-10-15-23)18-24(22-12-7-5-8-13-22)19-28(30(35)38)36(31(33)39)25-16-11-17-26(20-25)40-4/h5-17,20,24,27-28H,18-19,21H2,1-4H3,(H2,33,39)(H,34,37). The molecular weight excluding hydrogens is 520 g/mol. The molecule has 3 aromatic carbocycles. The molecule has 1 aliphatic heterocycles. The van der Waals surface area contributed by atoms with Crippen molar-refractivity contribution in [1.82, 2.24) is 10.2 Å². The summed E-state index contributed by atoms with van der Waals surface area (Å²) in [6.45, 7) is 5.59. The second-order valence-corrected chi connectivity index (χ2v) is 12.1. The number of rotatable bonds is 7. The molecule has 210 valence electrons. The summed E-state index contributed by atoms with van der Waals surface area (Å²) in [7, 11) is 0. The van der Waals surface area contributed by atoms with Crippen LogP contribution >= 0.6 is 11.8 Å². The van der Waals surface area contributed by atoms with Crippen LogP contribution < -0.4 is 16.0 Å². The lowest BCUT2D eigenvalue weighted by Crippen LogP contribution is -2.55. The Hall–Kier alpha value is -3.78. The zero-order chi connectivity index (χ0) is 28.9. The maximum Gasteiger partial charge on any atom is 0.320 e. The Morgan fingerprint density at radius 1 is 0.950 bits per heavy atom. The molecule has 0 bridgehead atoms. The van der Waals surface area contributed by atoms with E-state index in [2.05, 4.69) is 17.4 Å². The van der Waals surface area contributed by atoms with Crippen LogP contribution in [-0.4, -0.2) is 47.1 Å². The zero-order valence-corrected chi connectivity index (χ0v) is 24.4. The van der Waals surface area contributed by atoms with Crippen molar-refractivity contribution in [1.29, 1.82) is 0 Å². The number of nitrogens with zero attached hydrogens (tertiary/aromatic N) is 2. The van der Waals surface area contributed by atoms with Gasteiger partial charge < -0.3 is 16.0 Å². The maximum absolute atomic E-state index is 14.6. The maximum atomic E-state index is 14.6. The fourth-order valence-electron chi connectivity index (χ4n) is 5.43. The average Bonchev–Trinajstić information content (AvgIpc) is 3.06. The van der Waals surface area contributed by atoms with E-state index < -0.39 is 17.6 Å². The Kier molecular flexibility index (Phi) is 9.20. The monoisotopic (exact) mass is 558 g/mol. The minimum absolute atomic E-state index is 0.0679. The molecule has 7 nitrogen and oxygen atoms in total. The van der Waals surface area contributed by atoms with Crippen molar-refractivity contribution in [3.8, 4) is 0 Å². The quantitative estimate of drug-likeness (QED) is 0.362. The number of benzene rings is 3. The number of nitrogens with one attached hydrogen (secondary N) is 1. The molecule has 1 fully saturated rings. The first-order chi connectivity index (χ1) is 19.1. The van der Waals surface area contributed by atoms with Gasteiger partial charge in [-0.1, -0.05) is 66.7 Å². The topological polar surface area (TPSA) is 95.7 Å². The van der Waals surface area contributed by atoms with Crippen molar-refractivity contribution in [2.45, 2.75) is 62.0 Å². The average molecular weight is 559 g/mol. The number of primary amides is 1. The smallest absolute Gasteiger partial charge is 0.320 e. The molecule has 0 aliphatic carbocycles. The van der Waals surface area contributed by atoms with E-state index >= 15 is 0 Å². The fourth-order valence-corrected chi connectivity index (χ4v) is 5.89. The van der Waals surface area contributed by atoms with Gasteiger partial charge in [0.15, 0.2) is 0 Å². The lowest BCUT2D eigenvalue weighted by atomic mass is 9.86. The summed E-state index contributed by atoms with van der Waals surface area (Å²) in [5.74, 6) is -0.625. The van der Waals surface area contributed by atoms with Gasteiger partial charge >= 0.3 is 6.03 Å². The van der Waals surface area contributed by atoms with E-state index in [1.807, 2.05) is 93.8 Å². The van der Waals surface area contributed by atoms with E-state index in [1.165, 1.54) is 4.90 Å². The molecule has 3 N–H and O–H groups in total. The number of anilines is 1. The first-order valence-electron chi connectivity index (χ1n) is 13.5. The van der Waals surface area contributed by atoms with Gasteiger partial charge in [-0.05, 0) is 75.1 Å². The van der Waals surface area contributed by atoms with Gasteiger partial charge in [0.25, 0.3) is 0 Å². The highest BCUT2D eigenvalue weighted by molar-refractivity contribution is 7.98. The van der Waals surface area contributed by atoms with Gasteiger partial charge in [-0.2, -0.15) is 0 Å². The number of amides is 4. The highest BCUT2D eigenvalue weighted by Crippen LogP contribution is 2.41. The number of hydrogen-bond acceptors (Lipinski definition) is 4. The van der Waals surface area contributed by atoms with E-state index in [1.54, 1.807) is 22.7 Å². The van der Waals surface area contributed by atoms with E-state index in [0.29, 0.717) is 18.5 Å². The number of carbonyl (C=O) groups is 3. The Balaban J connectivity index is 1.85. The molecule has 0 aromatic heterocycles. The van der Waals surface area contributed by atoms with Crippen molar-refractivity contribution in [2.75, 3.05) is 17.7 Å². The Morgan fingerprint density at radius 3 is 2.15 bits per heavy atom. The first-order valence-corrected chi connectivity index (χ1v) is 14.7. The third kappa shape index (κ3) is 7.04. The van der Waals surface area contributed by atoms with Crippen LogP contribution in [0.3, 0.4) is 0 Å². The van der Waals surface area contributed by atoms with Crippen molar-refractivity contribution in [2.24, 2.45) is 5.73 Å². The molecule has 3 atom stereocenters. The number of urea groups is 1. The number of carbonyl (C=O) groups excluding carboxylic acids is 3. The van der Waals surface area contributed by atoms with Gasteiger partial charge in [0.05, 0.1) is 6.04 Å². The third-order valence-corrected chi connectivity index (χ3v) is 7.85. The van der Waals surface area contributed by atoms with Gasteiger partial charge in [0, 0.05) is 16.1 Å². The Morgan fingerprint density at radius 2 is 1.57 bits per heavy atom. The molecule has 3 unspecified atom stereocenters. The SMILES string of the molecule is CSc1cccc(N(C(N)=O)C2CC(c3ccccc3)CC(c3ccccc3)N(CC(=O)NC(C)(C)C)C2=O)c1. The summed E-state index contributed by atoms with van der Waals surface area (Å²) in [6.07, 6.45) is 2.92. The molecule has 1 saturated heterocycles. The molecule has 4 rings (SSSR count). The minimum atomic E-state index is -0.893. The van der Waals surface area contributed by atoms with Crippen LogP contribution in [0, 0.1) is 0 Å². The van der Waals surface area contributed by atoms with E-state index in [-0.39, 0.29) is 30.3 Å². The number of hydrogen-bond donors (Lipinski definition) is 2. The number of likely N-dealkylation sites (tertiary alicyclic amines) is 1. The first kappa shape index (κ1) is 29.2. The second kappa shape index (κ2) is 12.6. The molecule has 0 radical (unpaired) electrons. The van der Waals surface area contributed by atoms with Crippen molar-refractivity contribution >= 4 is 35.3 Å². The van der Waals surface area contributed by atoms with Gasteiger partial charge in [0.2, 0.25) is 11.8 Å². The van der Waals surface area contributed by atoms with Crippen molar-refractivity contribution in [3.05, 3.63) is 96.1 Å². The molecular formula is C32H38N4O3S. The highest BCUT2D eigenvalue weighted by atomic mass is 32.2. The van der Waals surface area contributed by atoms with E-state index in [0.717, 1.165) is 16.0 Å². The van der Waals surface area contributed by atoms with Crippen LogP contribution in [0.5, 0.6) is 0 Å². The van der Waals surface area contributed by atoms with Crippen LogP contribution in [0.15, 0.2) is 89.8 Å². The second-order valence-electron chi connectivity index (χ2n) is 11.2. The molecule has 0 saturated carbocycles. The number of nitrogens with two attached hydrogens (primary N) is 1. The molecule has 4 amide bonds. The number of thioether (sulfide) groups is 1. The predicted molar refractivity (Wildman–Crippen MR) is 161 cm³/mol. The van der Waals surface area contributed by atoms with E-state index in [4.69, 9.17) is 5.73 Å². The van der Waals surface area contributed by atoms with E-state index in [9.17, 15) is 14.4 Å². The Bertz CT molecular complexity index is 1330. The van der Waals surface area contributed by atoms with Crippen LogP contribution in [0.2, 0.25) is 0 Å². The summed E-state index contributed by atoms with van der Waals surface area (Å²) < 4.78 is 0. The third-order valence-electron chi connectivity index (χ3n) is 7.12. The molecule has 1 aliphatic rings. The predicted octanol–water partition coefficient (Wildman–Crippen LogP) is 5.72. The van der Waals surface area contributed by atoms with Gasteiger partial charge in [-0.25, -0.2) is 4.79 Å². The zero-order valence-electron chi connectivity index (χ0n) is 23.5. The largest absolute Gasteiger partial charge is 0.351 e. The van der Waals surface area contributed by atoms with Gasteiger partial charge in [-0.15, -0.1) is 11.8 Å². The Labute approximate surface area is 241 Å². The van der Waals surface area contributed by atoms with Crippen LogP contribution in [0.4, 0.5) is 10.5 Å². The van der Waals surface area contributed by atoms with Gasteiger partial charge in [0.1, 0.15) is 12.6 Å². The normalized spacial score (nSPS) is 19.6. The molecule has 0 spiro atoms. The summed E-state index contributed by atoms with van der Waals surface area (Å²) in [6, 6.07) is 25.3. The lowest BCUT2D eigenvalue weighted by Gasteiger charge is -2.35. The summed E-state index contributed by atoms with van der Waals surface area (Å²) in [4.78, 5) is 44.9. The molecule has 40 heavy (non-hydrogen) atoms. The summed E-state index contributed by atoms with van der Waals surface area (Å²) in [5.41, 5.74) is 8.11. The fraction of sp³-hybridized carbons (Fsp3) is 0.344. The van der Waals surface area contributed by atoms with Crippen LogP contribution in [-0.2, 0) is 9.59 Å². The minimum Gasteiger partial charge on any atom is -0.351 e. The van der Waals surface area contributed by atoms with Crippen LogP contribution in [0.1, 0.15) is 56.7 Å². The van der Waals surface area contributed by atoms with Crippen molar-refractivity contribution < 1.29 is 14.4 Å². The highest BCUT2D eigenvalue weighted by Gasteiger charge is 2.43. The van der Waals surface area contributed by atoms with Crippen LogP contribution in [0.25, 0.3) is 0 Å². The lowest BCUT2D eigenvalue weighted by molar-refractivity contribution is -0.139. The molecule has 3 aromatic rings. The van der Waals surface area contributed by atoms with Crippen molar-refractivity contribution in [3.63, 3.8) is 0 Å². The van der Waals surface area contributed by atoms with Gasteiger partial charge in [-0.3, -0.25) is 14.5 Å². The summed E-state index contributed by atoms with van der Waals surface area (Å²) >= 11 is 1.55. The molecule has 1 heterocycles. The summed E-state index contributed by atoms with van der Waals surface area (Å²) in [5, 5.41) is 3.00.